The Morgan fingerprint density at radius 1 is 1.13 bits per heavy atom. The second-order valence-electron chi connectivity index (χ2n) is 5.55. The van der Waals surface area contributed by atoms with Gasteiger partial charge in [-0.3, -0.25) is 9.59 Å². The summed E-state index contributed by atoms with van der Waals surface area (Å²) in [6.07, 6.45) is 0. The first-order valence-corrected chi connectivity index (χ1v) is 7.95. The van der Waals surface area contributed by atoms with E-state index in [4.69, 9.17) is 4.74 Å². The molecule has 1 atom stereocenters. The number of carbonyl (C=O) groups excluding carboxylic acids is 2. The minimum atomic E-state index is -0.564. The second-order valence-corrected chi connectivity index (χ2v) is 5.55. The maximum absolute atomic E-state index is 12.3. The molecule has 6 nitrogen and oxygen atoms in total. The number of ether oxygens (including phenoxy) is 1. The number of amides is 2. The Kier molecular flexibility index (Phi) is 8.11. The molecule has 3 N–H and O–H groups in total. The molecule has 0 aliphatic carbocycles. The molecule has 0 radical (unpaired) electrons. The van der Waals surface area contributed by atoms with Crippen LogP contribution in [0.3, 0.4) is 0 Å². The van der Waals surface area contributed by atoms with Crippen LogP contribution in [0.4, 0.5) is 0 Å². The highest BCUT2D eigenvalue weighted by atomic mass is 16.5. The average molecular weight is 321 g/mol. The number of benzene rings is 1. The summed E-state index contributed by atoms with van der Waals surface area (Å²) in [5.41, 5.74) is 0.502. The van der Waals surface area contributed by atoms with Crippen molar-refractivity contribution in [3.63, 3.8) is 0 Å². The Hall–Kier alpha value is -2.08. The van der Waals surface area contributed by atoms with Crippen LogP contribution in [-0.2, 0) is 4.79 Å². The van der Waals surface area contributed by atoms with Crippen molar-refractivity contribution in [3.05, 3.63) is 29.8 Å². The fraction of sp³-hybridized carbons (Fsp3) is 0.529. The number of nitrogens with one attached hydrogen (secondary N) is 3. The maximum Gasteiger partial charge on any atom is 0.251 e. The molecule has 1 aromatic carbocycles. The van der Waals surface area contributed by atoms with Gasteiger partial charge in [0.2, 0.25) is 5.91 Å². The first-order valence-electron chi connectivity index (χ1n) is 7.95. The van der Waals surface area contributed by atoms with Crippen molar-refractivity contribution in [3.8, 4) is 5.75 Å². The summed E-state index contributed by atoms with van der Waals surface area (Å²) in [7, 11) is 1.82. The van der Waals surface area contributed by atoms with E-state index < -0.39 is 6.04 Å². The van der Waals surface area contributed by atoms with Gasteiger partial charge in [-0.05, 0) is 44.2 Å². The lowest BCUT2D eigenvalue weighted by molar-refractivity contribution is -0.123. The summed E-state index contributed by atoms with van der Waals surface area (Å²) in [5.74, 6) is 0.274. The van der Waals surface area contributed by atoms with Gasteiger partial charge in [0.25, 0.3) is 5.91 Å². The van der Waals surface area contributed by atoms with Crippen molar-refractivity contribution in [2.24, 2.45) is 5.92 Å². The average Bonchev–Trinajstić information content (AvgIpc) is 2.53. The maximum atomic E-state index is 12.3. The second kappa shape index (κ2) is 9.84. The predicted molar refractivity (Wildman–Crippen MR) is 90.6 cm³/mol. The lowest BCUT2D eigenvalue weighted by atomic mass is 10.0. The van der Waals surface area contributed by atoms with E-state index in [1.54, 1.807) is 24.3 Å². The molecule has 1 unspecified atom stereocenters. The van der Waals surface area contributed by atoms with Crippen molar-refractivity contribution in [2.75, 3.05) is 26.7 Å². The predicted octanol–water partition coefficient (Wildman–Crippen LogP) is 1.18. The third-order valence-electron chi connectivity index (χ3n) is 3.34. The molecular weight excluding hydrogens is 294 g/mol. The molecule has 1 rings (SSSR count). The minimum absolute atomic E-state index is 0.00349. The van der Waals surface area contributed by atoms with Crippen LogP contribution in [0.5, 0.6) is 5.75 Å². The van der Waals surface area contributed by atoms with Crippen LogP contribution in [0.25, 0.3) is 0 Å². The van der Waals surface area contributed by atoms with Gasteiger partial charge in [0.15, 0.2) is 0 Å². The Labute approximate surface area is 138 Å². The van der Waals surface area contributed by atoms with Crippen LogP contribution >= 0.6 is 0 Å². The normalized spacial score (nSPS) is 11.9. The van der Waals surface area contributed by atoms with E-state index in [0.29, 0.717) is 31.0 Å². The van der Waals surface area contributed by atoms with Crippen molar-refractivity contribution in [2.45, 2.75) is 26.8 Å². The van der Waals surface area contributed by atoms with Gasteiger partial charge in [-0.1, -0.05) is 13.8 Å². The van der Waals surface area contributed by atoms with Gasteiger partial charge >= 0.3 is 0 Å². The van der Waals surface area contributed by atoms with Crippen LogP contribution in [0.2, 0.25) is 0 Å². The highest BCUT2D eigenvalue weighted by Crippen LogP contribution is 2.12. The molecule has 0 saturated carbocycles. The van der Waals surface area contributed by atoms with Gasteiger partial charge in [-0.2, -0.15) is 0 Å². The van der Waals surface area contributed by atoms with Gasteiger partial charge in [-0.25, -0.2) is 0 Å². The zero-order valence-electron chi connectivity index (χ0n) is 14.3. The summed E-state index contributed by atoms with van der Waals surface area (Å²) in [4.78, 5) is 24.5. The quantitative estimate of drug-likeness (QED) is 0.597. The first-order chi connectivity index (χ1) is 11.0. The van der Waals surface area contributed by atoms with Crippen LogP contribution in [0.15, 0.2) is 24.3 Å². The molecule has 0 fully saturated rings. The number of rotatable bonds is 9. The van der Waals surface area contributed by atoms with E-state index in [1.807, 2.05) is 27.8 Å². The molecule has 0 spiro atoms. The van der Waals surface area contributed by atoms with Gasteiger partial charge in [0, 0.05) is 18.7 Å². The van der Waals surface area contributed by atoms with E-state index in [1.165, 1.54) is 0 Å². The highest BCUT2D eigenvalue weighted by molar-refractivity contribution is 5.97. The fourth-order valence-corrected chi connectivity index (χ4v) is 2.05. The number of hydrogen-bond donors (Lipinski definition) is 3. The number of carbonyl (C=O) groups is 2. The van der Waals surface area contributed by atoms with Gasteiger partial charge in [0.05, 0.1) is 6.61 Å². The molecule has 0 aromatic heterocycles. The van der Waals surface area contributed by atoms with Crippen LogP contribution in [-0.4, -0.2) is 44.6 Å². The largest absolute Gasteiger partial charge is 0.494 e. The van der Waals surface area contributed by atoms with E-state index in [9.17, 15) is 9.59 Å². The fourth-order valence-electron chi connectivity index (χ4n) is 2.05. The van der Waals surface area contributed by atoms with Crippen LogP contribution < -0.4 is 20.7 Å². The highest BCUT2D eigenvalue weighted by Gasteiger charge is 2.24. The number of likely N-dealkylation sites (N-methyl/N-ethyl adjacent to an activating group) is 1. The summed E-state index contributed by atoms with van der Waals surface area (Å²) in [5, 5.41) is 8.57. The Balaban J connectivity index is 2.67. The number of hydrogen-bond acceptors (Lipinski definition) is 4. The molecule has 6 heteroatoms. The van der Waals surface area contributed by atoms with Gasteiger partial charge in [0.1, 0.15) is 11.8 Å². The zero-order valence-corrected chi connectivity index (χ0v) is 14.3. The summed E-state index contributed by atoms with van der Waals surface area (Å²) >= 11 is 0. The minimum Gasteiger partial charge on any atom is -0.494 e. The van der Waals surface area contributed by atoms with E-state index >= 15 is 0 Å². The lowest BCUT2D eigenvalue weighted by Gasteiger charge is -2.21. The molecule has 0 saturated heterocycles. The van der Waals surface area contributed by atoms with Crippen LogP contribution in [0.1, 0.15) is 31.1 Å². The Bertz CT molecular complexity index is 500. The molecule has 0 aliphatic rings. The molecule has 1 aromatic rings. The standard InChI is InChI=1S/C17H27N3O3/c1-5-23-14-8-6-13(7-9-14)16(21)20-15(12(2)3)17(22)19-11-10-18-4/h6-9,12,15,18H,5,10-11H2,1-4H3,(H,19,22)(H,20,21). The monoisotopic (exact) mass is 321 g/mol. The molecule has 0 bridgehead atoms. The summed E-state index contributed by atoms with van der Waals surface area (Å²) in [6, 6.07) is 6.31. The summed E-state index contributed by atoms with van der Waals surface area (Å²) < 4.78 is 5.35. The smallest absolute Gasteiger partial charge is 0.251 e. The van der Waals surface area contributed by atoms with E-state index in [2.05, 4.69) is 16.0 Å². The van der Waals surface area contributed by atoms with Gasteiger partial charge < -0.3 is 20.7 Å². The SMILES string of the molecule is CCOc1ccc(C(=O)NC(C(=O)NCCNC)C(C)C)cc1. The Morgan fingerprint density at radius 3 is 2.30 bits per heavy atom. The van der Waals surface area contributed by atoms with Crippen LogP contribution in [0, 0.1) is 5.92 Å². The lowest BCUT2D eigenvalue weighted by Crippen LogP contribution is -2.50. The third kappa shape index (κ3) is 6.28. The van der Waals surface area contributed by atoms with Gasteiger partial charge in [-0.15, -0.1) is 0 Å². The third-order valence-corrected chi connectivity index (χ3v) is 3.34. The molecule has 0 heterocycles. The molecular formula is C17H27N3O3. The van der Waals surface area contributed by atoms with E-state index in [-0.39, 0.29) is 17.7 Å². The molecule has 2 amide bonds. The van der Waals surface area contributed by atoms with E-state index in [0.717, 1.165) is 0 Å². The first kappa shape index (κ1) is 19.0. The van der Waals surface area contributed by atoms with Crippen molar-refractivity contribution in [1.29, 1.82) is 0 Å². The van der Waals surface area contributed by atoms with Crippen molar-refractivity contribution in [1.82, 2.24) is 16.0 Å². The topological polar surface area (TPSA) is 79.5 Å². The Morgan fingerprint density at radius 2 is 1.78 bits per heavy atom. The van der Waals surface area contributed by atoms with Crippen molar-refractivity contribution >= 4 is 11.8 Å². The zero-order chi connectivity index (χ0) is 17.2. The molecule has 128 valence electrons. The molecule has 0 aliphatic heterocycles. The molecule has 23 heavy (non-hydrogen) atoms. The summed E-state index contributed by atoms with van der Waals surface area (Å²) in [6.45, 7) is 7.50. The van der Waals surface area contributed by atoms with Crippen molar-refractivity contribution < 1.29 is 14.3 Å².